The van der Waals surface area contributed by atoms with Crippen LogP contribution in [0.2, 0.25) is 0 Å². The van der Waals surface area contributed by atoms with Crippen LogP contribution in [0.5, 0.6) is 0 Å². The monoisotopic (exact) mass is 322 g/mol. The number of hydrogen-bond acceptors (Lipinski definition) is 5. The molecule has 0 aliphatic rings. The van der Waals surface area contributed by atoms with Crippen molar-refractivity contribution in [2.45, 2.75) is 33.2 Å². The Morgan fingerprint density at radius 3 is 2.67 bits per heavy atom. The van der Waals surface area contributed by atoms with E-state index < -0.39 is 0 Å². The van der Waals surface area contributed by atoms with Crippen LogP contribution in [-0.2, 0) is 6.54 Å². The van der Waals surface area contributed by atoms with Gasteiger partial charge in [0.15, 0.2) is 0 Å². The van der Waals surface area contributed by atoms with Crippen LogP contribution in [0.4, 0.5) is 17.5 Å². The minimum Gasteiger partial charge on any atom is -0.467 e. The number of anilines is 3. The van der Waals surface area contributed by atoms with Gasteiger partial charge in [-0.25, -0.2) is 4.98 Å². The number of aromatic nitrogens is 2. The van der Waals surface area contributed by atoms with E-state index in [1.807, 2.05) is 31.2 Å². The molecule has 0 radical (unpaired) electrons. The second kappa shape index (κ2) is 7.17. The molecular formula is C19H22N4O. The molecule has 0 amide bonds. The Balaban J connectivity index is 1.79. The molecule has 3 rings (SSSR count). The molecule has 1 aromatic carbocycles. The third-order valence-corrected chi connectivity index (χ3v) is 3.70. The average Bonchev–Trinajstić information content (AvgIpc) is 3.06. The molecule has 0 aliphatic heterocycles. The zero-order valence-corrected chi connectivity index (χ0v) is 14.2. The zero-order chi connectivity index (χ0) is 16.9. The highest BCUT2D eigenvalue weighted by Gasteiger charge is 2.08. The number of benzene rings is 1. The molecule has 5 heteroatoms. The maximum absolute atomic E-state index is 5.32. The van der Waals surface area contributed by atoms with Crippen LogP contribution in [0.1, 0.15) is 36.8 Å². The Morgan fingerprint density at radius 1 is 1.08 bits per heavy atom. The highest BCUT2D eigenvalue weighted by molar-refractivity contribution is 5.62. The van der Waals surface area contributed by atoms with E-state index in [0.717, 1.165) is 23.0 Å². The van der Waals surface area contributed by atoms with Crippen molar-refractivity contribution in [1.82, 2.24) is 9.97 Å². The number of hydrogen-bond donors (Lipinski definition) is 2. The topological polar surface area (TPSA) is 63.0 Å². The standard InChI is InChI=1S/C19H22N4O/c1-13(2)16-8-4-5-9-17(16)22-18-11-14(3)21-19(23-18)20-12-15-7-6-10-24-15/h4-11,13H,12H2,1-3H3,(H2,20,21,22,23). The summed E-state index contributed by atoms with van der Waals surface area (Å²) in [5, 5.41) is 6.61. The van der Waals surface area contributed by atoms with Crippen LogP contribution < -0.4 is 10.6 Å². The van der Waals surface area contributed by atoms with E-state index in [-0.39, 0.29) is 0 Å². The van der Waals surface area contributed by atoms with Crippen LogP contribution in [0, 0.1) is 6.92 Å². The summed E-state index contributed by atoms with van der Waals surface area (Å²) in [6, 6.07) is 14.0. The smallest absolute Gasteiger partial charge is 0.225 e. The number of nitrogens with zero attached hydrogens (tertiary/aromatic N) is 2. The molecule has 0 unspecified atom stereocenters. The van der Waals surface area contributed by atoms with Crippen LogP contribution in [0.3, 0.4) is 0 Å². The van der Waals surface area contributed by atoms with Crippen molar-refractivity contribution in [2.75, 3.05) is 10.6 Å². The van der Waals surface area contributed by atoms with Gasteiger partial charge in [0.05, 0.1) is 12.8 Å². The number of para-hydroxylation sites is 1. The van der Waals surface area contributed by atoms with Gasteiger partial charge in [0.2, 0.25) is 5.95 Å². The van der Waals surface area contributed by atoms with E-state index in [9.17, 15) is 0 Å². The number of aryl methyl sites for hydroxylation is 1. The first-order chi connectivity index (χ1) is 11.6. The lowest BCUT2D eigenvalue weighted by Gasteiger charge is -2.15. The lowest BCUT2D eigenvalue weighted by Crippen LogP contribution is -2.06. The molecule has 24 heavy (non-hydrogen) atoms. The molecule has 0 aliphatic carbocycles. The summed E-state index contributed by atoms with van der Waals surface area (Å²) in [6.07, 6.45) is 1.66. The Kier molecular flexibility index (Phi) is 4.79. The van der Waals surface area contributed by atoms with E-state index in [4.69, 9.17) is 4.42 Å². The first-order valence-electron chi connectivity index (χ1n) is 8.09. The van der Waals surface area contributed by atoms with Crippen LogP contribution in [-0.4, -0.2) is 9.97 Å². The minimum atomic E-state index is 0.438. The minimum absolute atomic E-state index is 0.438. The molecule has 5 nitrogen and oxygen atoms in total. The second-order valence-electron chi connectivity index (χ2n) is 6.02. The quantitative estimate of drug-likeness (QED) is 0.679. The summed E-state index contributed by atoms with van der Waals surface area (Å²) >= 11 is 0. The normalized spacial score (nSPS) is 10.8. The van der Waals surface area contributed by atoms with Gasteiger partial charge in [-0.1, -0.05) is 32.0 Å². The fraction of sp³-hybridized carbons (Fsp3) is 0.263. The van der Waals surface area contributed by atoms with Crippen molar-refractivity contribution >= 4 is 17.5 Å². The third-order valence-electron chi connectivity index (χ3n) is 3.70. The average molecular weight is 322 g/mol. The van der Waals surface area contributed by atoms with E-state index in [0.29, 0.717) is 18.4 Å². The summed E-state index contributed by atoms with van der Waals surface area (Å²) < 4.78 is 5.32. The summed E-state index contributed by atoms with van der Waals surface area (Å²) in [5.74, 6) is 2.64. The molecular weight excluding hydrogens is 300 g/mol. The van der Waals surface area contributed by atoms with Gasteiger partial charge in [0.1, 0.15) is 11.6 Å². The lowest BCUT2D eigenvalue weighted by molar-refractivity contribution is 0.517. The summed E-state index contributed by atoms with van der Waals surface area (Å²) in [5.41, 5.74) is 3.23. The summed E-state index contributed by atoms with van der Waals surface area (Å²) in [7, 11) is 0. The lowest BCUT2D eigenvalue weighted by atomic mass is 10.0. The highest BCUT2D eigenvalue weighted by atomic mass is 16.3. The highest BCUT2D eigenvalue weighted by Crippen LogP contribution is 2.26. The zero-order valence-electron chi connectivity index (χ0n) is 14.2. The van der Waals surface area contributed by atoms with Crippen molar-refractivity contribution in [3.63, 3.8) is 0 Å². The Labute approximate surface area is 142 Å². The molecule has 2 aromatic heterocycles. The van der Waals surface area contributed by atoms with E-state index in [1.54, 1.807) is 6.26 Å². The number of rotatable bonds is 6. The van der Waals surface area contributed by atoms with Crippen molar-refractivity contribution in [2.24, 2.45) is 0 Å². The van der Waals surface area contributed by atoms with Gasteiger partial charge < -0.3 is 15.1 Å². The van der Waals surface area contributed by atoms with Crippen LogP contribution in [0.15, 0.2) is 53.1 Å². The first kappa shape index (κ1) is 16.1. The maximum Gasteiger partial charge on any atom is 0.225 e. The third kappa shape index (κ3) is 3.93. The Bertz CT molecular complexity index is 797. The van der Waals surface area contributed by atoms with Gasteiger partial charge in [-0.2, -0.15) is 4.98 Å². The van der Waals surface area contributed by atoms with Crippen molar-refractivity contribution in [3.8, 4) is 0 Å². The molecule has 0 saturated carbocycles. The van der Waals surface area contributed by atoms with Gasteiger partial charge in [-0.15, -0.1) is 0 Å². The molecule has 0 spiro atoms. The summed E-state index contributed by atoms with van der Waals surface area (Å²) in [4.78, 5) is 8.98. The molecule has 0 bridgehead atoms. The van der Waals surface area contributed by atoms with Crippen molar-refractivity contribution in [3.05, 3.63) is 65.7 Å². The molecule has 124 valence electrons. The van der Waals surface area contributed by atoms with Gasteiger partial charge in [-0.05, 0) is 36.6 Å². The predicted molar refractivity (Wildman–Crippen MR) is 96.6 cm³/mol. The van der Waals surface area contributed by atoms with Gasteiger partial charge >= 0.3 is 0 Å². The largest absolute Gasteiger partial charge is 0.467 e. The molecule has 2 N–H and O–H groups in total. The van der Waals surface area contributed by atoms with Crippen molar-refractivity contribution in [1.29, 1.82) is 0 Å². The van der Waals surface area contributed by atoms with Gasteiger partial charge in [0, 0.05) is 17.4 Å². The predicted octanol–water partition coefficient (Wildman–Crippen LogP) is 4.86. The van der Waals surface area contributed by atoms with Crippen molar-refractivity contribution < 1.29 is 4.42 Å². The molecule has 2 heterocycles. The summed E-state index contributed by atoms with van der Waals surface area (Å²) in [6.45, 7) is 6.88. The number of furan rings is 1. The molecule has 0 atom stereocenters. The maximum atomic E-state index is 5.32. The van der Waals surface area contributed by atoms with E-state index >= 15 is 0 Å². The Hall–Kier alpha value is -2.82. The van der Waals surface area contributed by atoms with Crippen LogP contribution in [0.25, 0.3) is 0 Å². The fourth-order valence-corrected chi connectivity index (χ4v) is 2.54. The molecule has 3 aromatic rings. The van der Waals surface area contributed by atoms with E-state index in [2.05, 4.69) is 52.6 Å². The van der Waals surface area contributed by atoms with Gasteiger partial charge in [0.25, 0.3) is 0 Å². The molecule has 0 fully saturated rings. The van der Waals surface area contributed by atoms with E-state index in [1.165, 1.54) is 5.56 Å². The Morgan fingerprint density at radius 2 is 1.92 bits per heavy atom. The SMILES string of the molecule is Cc1cc(Nc2ccccc2C(C)C)nc(NCc2ccco2)n1. The van der Waals surface area contributed by atoms with Crippen LogP contribution >= 0.6 is 0 Å². The second-order valence-corrected chi connectivity index (χ2v) is 6.02. The number of nitrogens with one attached hydrogen (secondary N) is 2. The first-order valence-corrected chi connectivity index (χ1v) is 8.09. The fourth-order valence-electron chi connectivity index (χ4n) is 2.54. The molecule has 0 saturated heterocycles. The van der Waals surface area contributed by atoms with Gasteiger partial charge in [-0.3, -0.25) is 0 Å².